The summed E-state index contributed by atoms with van der Waals surface area (Å²) in [5.74, 6) is 0.322. The number of carbonyl (C=O) groups excluding carboxylic acids is 1. The van der Waals surface area contributed by atoms with E-state index in [9.17, 15) is 9.90 Å². The Labute approximate surface area is 126 Å². The van der Waals surface area contributed by atoms with Gasteiger partial charge < -0.3 is 10.4 Å². The lowest BCUT2D eigenvalue weighted by Crippen LogP contribution is -2.33. The van der Waals surface area contributed by atoms with Crippen molar-refractivity contribution in [3.63, 3.8) is 0 Å². The third-order valence-electron chi connectivity index (χ3n) is 4.96. The number of fused-ring (bicyclic) bond motifs is 1. The number of hydrogen-bond donors (Lipinski definition) is 2. The lowest BCUT2D eigenvalue weighted by atomic mass is 9.90. The van der Waals surface area contributed by atoms with Gasteiger partial charge in [0.1, 0.15) is 0 Å². The molecule has 2 aliphatic rings. The van der Waals surface area contributed by atoms with Gasteiger partial charge in [0.2, 0.25) is 5.91 Å². The maximum atomic E-state index is 12.1. The molecule has 0 spiro atoms. The van der Waals surface area contributed by atoms with E-state index >= 15 is 0 Å². The van der Waals surface area contributed by atoms with E-state index in [1.165, 1.54) is 30.4 Å². The Morgan fingerprint density at radius 1 is 1.14 bits per heavy atom. The van der Waals surface area contributed by atoms with E-state index in [0.29, 0.717) is 13.0 Å². The molecule has 1 aromatic rings. The van der Waals surface area contributed by atoms with Crippen molar-refractivity contribution < 1.29 is 9.90 Å². The van der Waals surface area contributed by atoms with Gasteiger partial charge in [-0.05, 0) is 55.2 Å². The van der Waals surface area contributed by atoms with Crippen LogP contribution in [0.3, 0.4) is 0 Å². The van der Waals surface area contributed by atoms with Gasteiger partial charge in [-0.25, -0.2) is 0 Å². The standard InChI is InChI=1S/C18H25NO2/c20-17-7-3-6-16(17)12-19-18(21)11-13-8-9-14-4-1-2-5-15(14)10-13/h8-10,16-17,20H,1-7,11-12H2,(H,19,21). The van der Waals surface area contributed by atoms with E-state index in [0.717, 1.165) is 31.2 Å². The summed E-state index contributed by atoms with van der Waals surface area (Å²) in [6, 6.07) is 6.49. The minimum Gasteiger partial charge on any atom is -0.393 e. The Hall–Kier alpha value is -1.35. The fourth-order valence-electron chi connectivity index (χ4n) is 3.64. The molecule has 0 saturated heterocycles. The molecule has 0 aromatic heterocycles. The number of aryl methyl sites for hydroxylation is 2. The molecule has 1 saturated carbocycles. The first kappa shape index (κ1) is 14.6. The molecule has 21 heavy (non-hydrogen) atoms. The number of benzene rings is 1. The fourth-order valence-corrected chi connectivity index (χ4v) is 3.64. The van der Waals surface area contributed by atoms with Crippen LogP contribution < -0.4 is 5.32 Å². The second-order valence-electron chi connectivity index (χ2n) is 6.55. The lowest BCUT2D eigenvalue weighted by molar-refractivity contribution is -0.120. The van der Waals surface area contributed by atoms with E-state index in [4.69, 9.17) is 0 Å². The van der Waals surface area contributed by atoms with Crippen molar-refractivity contribution >= 4 is 5.91 Å². The minimum atomic E-state index is -0.228. The van der Waals surface area contributed by atoms with Gasteiger partial charge in [0.25, 0.3) is 0 Å². The molecule has 3 rings (SSSR count). The Bertz CT molecular complexity index is 512. The van der Waals surface area contributed by atoms with Crippen molar-refractivity contribution in [2.24, 2.45) is 5.92 Å². The second kappa shape index (κ2) is 6.61. The maximum Gasteiger partial charge on any atom is 0.224 e. The molecule has 1 fully saturated rings. The van der Waals surface area contributed by atoms with Crippen molar-refractivity contribution in [3.05, 3.63) is 34.9 Å². The number of aliphatic hydroxyl groups excluding tert-OH is 1. The van der Waals surface area contributed by atoms with Gasteiger partial charge in [-0.2, -0.15) is 0 Å². The van der Waals surface area contributed by atoms with Gasteiger partial charge in [-0.3, -0.25) is 4.79 Å². The van der Waals surface area contributed by atoms with Gasteiger partial charge >= 0.3 is 0 Å². The molecule has 0 radical (unpaired) electrons. The highest BCUT2D eigenvalue weighted by Gasteiger charge is 2.25. The van der Waals surface area contributed by atoms with Crippen LogP contribution in [0.5, 0.6) is 0 Å². The van der Waals surface area contributed by atoms with Crippen molar-refractivity contribution in [2.75, 3.05) is 6.54 Å². The molecule has 2 atom stereocenters. The summed E-state index contributed by atoms with van der Waals surface area (Å²) >= 11 is 0. The first-order chi connectivity index (χ1) is 10.2. The molecule has 2 N–H and O–H groups in total. The first-order valence-electron chi connectivity index (χ1n) is 8.28. The van der Waals surface area contributed by atoms with Crippen LogP contribution in [0.25, 0.3) is 0 Å². The van der Waals surface area contributed by atoms with Gasteiger partial charge in [-0.1, -0.05) is 24.6 Å². The van der Waals surface area contributed by atoms with Crippen LogP contribution >= 0.6 is 0 Å². The van der Waals surface area contributed by atoms with Crippen LogP contribution in [0.15, 0.2) is 18.2 Å². The molecule has 3 nitrogen and oxygen atoms in total. The monoisotopic (exact) mass is 287 g/mol. The molecule has 1 aromatic carbocycles. The fraction of sp³-hybridized carbons (Fsp3) is 0.611. The number of aliphatic hydroxyl groups is 1. The summed E-state index contributed by atoms with van der Waals surface area (Å²) in [6.07, 6.45) is 8.10. The molecule has 1 amide bonds. The highest BCUT2D eigenvalue weighted by atomic mass is 16.3. The Balaban J connectivity index is 1.52. The van der Waals surface area contributed by atoms with E-state index in [-0.39, 0.29) is 17.9 Å². The number of amides is 1. The molecule has 0 aliphatic heterocycles. The molecule has 0 bridgehead atoms. The number of rotatable bonds is 4. The average molecular weight is 287 g/mol. The lowest BCUT2D eigenvalue weighted by Gasteiger charge is -2.17. The second-order valence-corrected chi connectivity index (χ2v) is 6.55. The zero-order valence-electron chi connectivity index (χ0n) is 12.6. The Morgan fingerprint density at radius 2 is 1.95 bits per heavy atom. The van der Waals surface area contributed by atoms with Crippen LogP contribution in [0.1, 0.15) is 48.8 Å². The number of nitrogens with one attached hydrogen (secondary N) is 1. The van der Waals surface area contributed by atoms with Crippen LogP contribution in [0.2, 0.25) is 0 Å². The zero-order valence-corrected chi connectivity index (χ0v) is 12.6. The van der Waals surface area contributed by atoms with Crippen LogP contribution in [0, 0.1) is 5.92 Å². The summed E-state index contributed by atoms with van der Waals surface area (Å²) in [7, 11) is 0. The van der Waals surface area contributed by atoms with Gasteiger partial charge in [0.05, 0.1) is 12.5 Å². The molecular weight excluding hydrogens is 262 g/mol. The highest BCUT2D eigenvalue weighted by Crippen LogP contribution is 2.25. The Morgan fingerprint density at radius 3 is 2.71 bits per heavy atom. The van der Waals surface area contributed by atoms with E-state index in [2.05, 4.69) is 23.5 Å². The van der Waals surface area contributed by atoms with Gasteiger partial charge in [0.15, 0.2) is 0 Å². The molecular formula is C18H25NO2. The summed E-state index contributed by atoms with van der Waals surface area (Å²) in [5, 5.41) is 12.8. The molecule has 2 unspecified atom stereocenters. The summed E-state index contributed by atoms with van der Waals surface area (Å²) in [5.41, 5.74) is 4.00. The van der Waals surface area contributed by atoms with Crippen LogP contribution in [0.4, 0.5) is 0 Å². The molecule has 3 heteroatoms. The van der Waals surface area contributed by atoms with Crippen molar-refractivity contribution in [3.8, 4) is 0 Å². The number of carbonyl (C=O) groups is 1. The van der Waals surface area contributed by atoms with E-state index in [1.54, 1.807) is 0 Å². The quantitative estimate of drug-likeness (QED) is 0.893. The number of hydrogen-bond acceptors (Lipinski definition) is 2. The third kappa shape index (κ3) is 3.65. The largest absolute Gasteiger partial charge is 0.393 e. The van der Waals surface area contributed by atoms with Gasteiger partial charge in [0, 0.05) is 12.5 Å². The molecule has 2 aliphatic carbocycles. The highest BCUT2D eigenvalue weighted by molar-refractivity contribution is 5.78. The summed E-state index contributed by atoms with van der Waals surface area (Å²) in [4.78, 5) is 12.1. The summed E-state index contributed by atoms with van der Waals surface area (Å²) in [6.45, 7) is 0.616. The minimum absolute atomic E-state index is 0.0739. The topological polar surface area (TPSA) is 49.3 Å². The maximum absolute atomic E-state index is 12.1. The predicted molar refractivity (Wildman–Crippen MR) is 83.1 cm³/mol. The predicted octanol–water partition coefficient (Wildman–Crippen LogP) is 2.39. The zero-order chi connectivity index (χ0) is 14.7. The van der Waals surface area contributed by atoms with Crippen molar-refractivity contribution in [1.29, 1.82) is 0 Å². The first-order valence-corrected chi connectivity index (χ1v) is 8.28. The van der Waals surface area contributed by atoms with Crippen LogP contribution in [-0.4, -0.2) is 23.7 Å². The third-order valence-corrected chi connectivity index (χ3v) is 4.96. The van der Waals surface area contributed by atoms with E-state index in [1.807, 2.05) is 0 Å². The van der Waals surface area contributed by atoms with E-state index < -0.39 is 0 Å². The summed E-state index contributed by atoms with van der Waals surface area (Å²) < 4.78 is 0. The average Bonchev–Trinajstić information content (AvgIpc) is 2.90. The SMILES string of the molecule is O=C(Cc1ccc2c(c1)CCCC2)NCC1CCCC1O. The molecule has 0 heterocycles. The Kier molecular flexibility index (Phi) is 4.59. The van der Waals surface area contributed by atoms with Gasteiger partial charge in [-0.15, -0.1) is 0 Å². The van der Waals surface area contributed by atoms with Crippen LogP contribution in [-0.2, 0) is 24.1 Å². The smallest absolute Gasteiger partial charge is 0.224 e. The molecule has 114 valence electrons. The van der Waals surface area contributed by atoms with Crippen molar-refractivity contribution in [2.45, 2.75) is 57.5 Å². The van der Waals surface area contributed by atoms with Crippen molar-refractivity contribution in [1.82, 2.24) is 5.32 Å². The normalized spacial score (nSPS) is 24.6.